The van der Waals surface area contributed by atoms with Crippen molar-refractivity contribution >= 4 is 28.9 Å². The van der Waals surface area contributed by atoms with Gasteiger partial charge in [-0.15, -0.1) is 0 Å². The maximum Gasteiger partial charge on any atom is 0.472 e. The van der Waals surface area contributed by atoms with Crippen LogP contribution in [0.15, 0.2) is 54.6 Å². The maximum absolute atomic E-state index is 12.7. The summed E-state index contributed by atoms with van der Waals surface area (Å²) in [5.41, 5.74) is 0.236. The number of benzene rings is 2. The summed E-state index contributed by atoms with van der Waals surface area (Å²) in [5, 5.41) is 0.376. The second-order valence-electron chi connectivity index (χ2n) is 3.95. The monoisotopic (exact) mass is 299 g/mol. The first-order chi connectivity index (χ1) is 9.39. The highest BCUT2D eigenvalue weighted by Gasteiger charge is 2.43. The highest BCUT2D eigenvalue weighted by molar-refractivity contribution is 6.30. The van der Waals surface area contributed by atoms with Gasteiger partial charge in [-0.1, -0.05) is 29.8 Å². The Balaban J connectivity index is 2.50. The van der Waals surface area contributed by atoms with Gasteiger partial charge in [0.2, 0.25) is 0 Å². The number of hydrogen-bond donors (Lipinski definition) is 0. The first-order valence-corrected chi connectivity index (χ1v) is 5.99. The normalized spacial score (nSPS) is 11.2. The average molecular weight is 300 g/mol. The zero-order valence-electron chi connectivity index (χ0n) is 10.1. The molecule has 0 aromatic heterocycles. The number of halogens is 4. The molecule has 0 aliphatic heterocycles. The molecule has 0 atom stereocenters. The summed E-state index contributed by atoms with van der Waals surface area (Å²) in [6.07, 6.45) is -4.96. The van der Waals surface area contributed by atoms with Crippen molar-refractivity contribution in [3.8, 4) is 0 Å². The molecule has 20 heavy (non-hydrogen) atoms. The van der Waals surface area contributed by atoms with E-state index in [1.54, 1.807) is 18.2 Å². The fraction of sp³-hybridized carbons (Fsp3) is 0.0714. The minimum Gasteiger partial charge on any atom is -0.273 e. The molecule has 2 rings (SSSR count). The predicted octanol–water partition coefficient (Wildman–Crippen LogP) is 4.57. The Morgan fingerprint density at radius 1 is 0.900 bits per heavy atom. The van der Waals surface area contributed by atoms with Crippen molar-refractivity contribution in [2.75, 3.05) is 4.90 Å². The summed E-state index contributed by atoms with van der Waals surface area (Å²) in [7, 11) is 0. The Hall–Kier alpha value is -2.01. The molecule has 2 aromatic carbocycles. The number of amides is 1. The topological polar surface area (TPSA) is 20.3 Å². The summed E-state index contributed by atoms with van der Waals surface area (Å²) in [4.78, 5) is 12.2. The van der Waals surface area contributed by atoms with Crippen molar-refractivity contribution in [1.82, 2.24) is 0 Å². The van der Waals surface area contributed by atoms with Crippen LogP contribution in [0.4, 0.5) is 24.5 Å². The van der Waals surface area contributed by atoms with Crippen molar-refractivity contribution < 1.29 is 18.0 Å². The van der Waals surface area contributed by atoms with Gasteiger partial charge in [0.1, 0.15) is 0 Å². The van der Waals surface area contributed by atoms with Crippen LogP contribution in [0.5, 0.6) is 0 Å². The first-order valence-electron chi connectivity index (χ1n) is 5.61. The second kappa shape index (κ2) is 5.54. The van der Waals surface area contributed by atoms with Gasteiger partial charge >= 0.3 is 12.1 Å². The Morgan fingerprint density at radius 2 is 1.40 bits per heavy atom. The van der Waals surface area contributed by atoms with Crippen molar-refractivity contribution in [3.05, 3.63) is 59.6 Å². The van der Waals surface area contributed by atoms with E-state index >= 15 is 0 Å². The van der Waals surface area contributed by atoms with Crippen LogP contribution >= 0.6 is 11.6 Å². The van der Waals surface area contributed by atoms with Gasteiger partial charge in [0.05, 0.1) is 0 Å². The molecule has 0 heterocycles. The molecule has 0 saturated heterocycles. The molecule has 0 aliphatic rings. The van der Waals surface area contributed by atoms with E-state index in [4.69, 9.17) is 11.6 Å². The van der Waals surface area contributed by atoms with E-state index in [1.807, 2.05) is 0 Å². The lowest BCUT2D eigenvalue weighted by molar-refractivity contribution is -0.169. The van der Waals surface area contributed by atoms with Crippen molar-refractivity contribution in [2.45, 2.75) is 6.18 Å². The third-order valence-electron chi connectivity index (χ3n) is 2.54. The molecule has 0 N–H and O–H groups in total. The van der Waals surface area contributed by atoms with Gasteiger partial charge in [0.15, 0.2) is 0 Å². The second-order valence-corrected chi connectivity index (χ2v) is 4.39. The molecule has 2 nitrogen and oxygen atoms in total. The lowest BCUT2D eigenvalue weighted by atomic mass is 10.2. The molecule has 104 valence electrons. The van der Waals surface area contributed by atoms with Crippen LogP contribution in [-0.2, 0) is 4.79 Å². The summed E-state index contributed by atoms with van der Waals surface area (Å²) >= 11 is 5.71. The molecule has 0 fully saturated rings. The number of hydrogen-bond acceptors (Lipinski definition) is 1. The van der Waals surface area contributed by atoms with Crippen LogP contribution in [0.25, 0.3) is 0 Å². The number of carbonyl (C=O) groups excluding carboxylic acids is 1. The third kappa shape index (κ3) is 3.11. The number of nitrogens with zero attached hydrogens (tertiary/aromatic N) is 1. The van der Waals surface area contributed by atoms with Crippen LogP contribution in [0.3, 0.4) is 0 Å². The predicted molar refractivity (Wildman–Crippen MR) is 71.1 cm³/mol. The van der Waals surface area contributed by atoms with Crippen molar-refractivity contribution in [2.24, 2.45) is 0 Å². The zero-order chi connectivity index (χ0) is 14.8. The lowest BCUT2D eigenvalue weighted by Gasteiger charge is -2.24. The van der Waals surface area contributed by atoms with Gasteiger partial charge in [-0.05, 0) is 36.4 Å². The molecule has 0 unspecified atom stereocenters. The zero-order valence-corrected chi connectivity index (χ0v) is 10.8. The Kier molecular flexibility index (Phi) is 3.99. The molecular weight excluding hydrogens is 291 g/mol. The number of carbonyl (C=O) groups is 1. The first kappa shape index (κ1) is 14.4. The summed E-state index contributed by atoms with van der Waals surface area (Å²) in [5.74, 6) is -1.95. The quantitative estimate of drug-likeness (QED) is 0.795. The van der Waals surface area contributed by atoms with Crippen LogP contribution in [0.1, 0.15) is 0 Å². The highest BCUT2D eigenvalue weighted by atomic mass is 35.5. The molecule has 0 bridgehead atoms. The lowest BCUT2D eigenvalue weighted by Crippen LogP contribution is -2.38. The fourth-order valence-corrected chi connectivity index (χ4v) is 1.80. The summed E-state index contributed by atoms with van der Waals surface area (Å²) in [6.45, 7) is 0. The van der Waals surface area contributed by atoms with E-state index in [9.17, 15) is 18.0 Å². The minimum atomic E-state index is -4.96. The Labute approximate surface area is 118 Å². The van der Waals surface area contributed by atoms with Crippen LogP contribution in [-0.4, -0.2) is 12.1 Å². The van der Waals surface area contributed by atoms with Gasteiger partial charge in [0, 0.05) is 16.4 Å². The summed E-state index contributed by atoms with van der Waals surface area (Å²) < 4.78 is 38.2. The maximum atomic E-state index is 12.7. The standard InChI is InChI=1S/C14H9ClF3NO/c15-10-6-8-12(9-7-10)19(13(20)14(16,17)18)11-4-2-1-3-5-11/h1-9H. The molecule has 0 radical (unpaired) electrons. The van der Waals surface area contributed by atoms with Gasteiger partial charge in [-0.2, -0.15) is 13.2 Å². The van der Waals surface area contributed by atoms with Crippen LogP contribution in [0, 0.1) is 0 Å². The average Bonchev–Trinajstić information content (AvgIpc) is 2.41. The molecule has 0 aliphatic carbocycles. The van der Waals surface area contributed by atoms with Crippen molar-refractivity contribution in [3.63, 3.8) is 0 Å². The number of para-hydroxylation sites is 1. The van der Waals surface area contributed by atoms with E-state index < -0.39 is 12.1 Å². The number of anilines is 2. The van der Waals surface area contributed by atoms with E-state index in [2.05, 4.69) is 0 Å². The van der Waals surface area contributed by atoms with E-state index in [-0.39, 0.29) is 11.4 Å². The summed E-state index contributed by atoms with van der Waals surface area (Å²) in [6, 6.07) is 13.2. The van der Waals surface area contributed by atoms with Crippen LogP contribution in [0.2, 0.25) is 5.02 Å². The Bertz CT molecular complexity index is 596. The minimum absolute atomic E-state index is 0.0999. The van der Waals surface area contributed by atoms with Gasteiger partial charge < -0.3 is 0 Å². The van der Waals surface area contributed by atoms with Gasteiger partial charge in [-0.3, -0.25) is 9.69 Å². The fourth-order valence-electron chi connectivity index (χ4n) is 1.68. The van der Waals surface area contributed by atoms with Crippen LogP contribution < -0.4 is 4.90 Å². The van der Waals surface area contributed by atoms with Gasteiger partial charge in [-0.25, -0.2) is 0 Å². The van der Waals surface area contributed by atoms with E-state index in [1.165, 1.54) is 36.4 Å². The van der Waals surface area contributed by atoms with Crippen molar-refractivity contribution in [1.29, 1.82) is 0 Å². The molecule has 6 heteroatoms. The molecule has 0 saturated carbocycles. The van der Waals surface area contributed by atoms with E-state index in [0.717, 1.165) is 0 Å². The molecular formula is C14H9ClF3NO. The smallest absolute Gasteiger partial charge is 0.273 e. The highest BCUT2D eigenvalue weighted by Crippen LogP contribution is 2.31. The SMILES string of the molecule is O=C(N(c1ccccc1)c1ccc(Cl)cc1)C(F)(F)F. The molecule has 0 spiro atoms. The Morgan fingerprint density at radius 3 is 1.90 bits per heavy atom. The largest absolute Gasteiger partial charge is 0.472 e. The third-order valence-corrected chi connectivity index (χ3v) is 2.80. The van der Waals surface area contributed by atoms with E-state index in [0.29, 0.717) is 9.92 Å². The number of alkyl halides is 3. The molecule has 1 amide bonds. The number of rotatable bonds is 2. The van der Waals surface area contributed by atoms with Gasteiger partial charge in [0.25, 0.3) is 0 Å². The molecule has 2 aromatic rings.